The molecule has 3 fully saturated rings. The number of urea groups is 1. The molecule has 1 aromatic carbocycles. The van der Waals surface area contributed by atoms with Crippen LogP contribution in [0.4, 0.5) is 10.5 Å². The van der Waals surface area contributed by atoms with Gasteiger partial charge in [0.2, 0.25) is 5.91 Å². The molecular weight excluding hydrogens is 440 g/mol. The number of benzene rings is 1. The second kappa shape index (κ2) is 9.90. The van der Waals surface area contributed by atoms with Crippen molar-refractivity contribution in [2.24, 2.45) is 0 Å². The van der Waals surface area contributed by atoms with Gasteiger partial charge in [-0.05, 0) is 38.2 Å². The highest BCUT2D eigenvalue weighted by molar-refractivity contribution is 6.11. The average Bonchev–Trinajstić information content (AvgIpc) is 3.07. The lowest BCUT2D eigenvalue weighted by molar-refractivity contribution is -0.134. The molecule has 34 heavy (non-hydrogen) atoms. The van der Waals surface area contributed by atoms with E-state index in [-0.39, 0.29) is 23.1 Å². The molecule has 4 rings (SSSR count). The van der Waals surface area contributed by atoms with E-state index in [1.54, 1.807) is 11.0 Å². The van der Waals surface area contributed by atoms with Gasteiger partial charge in [-0.15, -0.1) is 0 Å². The Hall–Kier alpha value is -3.30. The van der Waals surface area contributed by atoms with Crippen LogP contribution in [0.2, 0.25) is 0 Å². The van der Waals surface area contributed by atoms with Gasteiger partial charge in [0.15, 0.2) is 11.5 Å². The van der Waals surface area contributed by atoms with E-state index in [0.717, 1.165) is 43.4 Å². The zero-order valence-electron chi connectivity index (χ0n) is 19.8. The standard InChI is InChI=1S/C24H32N4O6/c1-33-18-13-16(21(30)27-11-7-4-8-12-27)17(14-19(18)34-2)25-20(29)15-28-22(31)24(26-23(28)32)9-5-3-6-10-24/h13-14H,3-12,15H2,1-2H3,(H,25,29)(H,26,32). The summed E-state index contributed by atoms with van der Waals surface area (Å²) in [5.74, 6) is -0.425. The molecule has 2 aliphatic heterocycles. The van der Waals surface area contributed by atoms with Crippen LogP contribution in [0.5, 0.6) is 11.5 Å². The van der Waals surface area contributed by atoms with E-state index >= 15 is 0 Å². The first kappa shape index (κ1) is 23.8. The molecule has 0 aromatic heterocycles. The van der Waals surface area contributed by atoms with Gasteiger partial charge in [0, 0.05) is 19.2 Å². The fourth-order valence-corrected chi connectivity index (χ4v) is 5.07. The molecule has 0 bridgehead atoms. The van der Waals surface area contributed by atoms with Crippen LogP contribution >= 0.6 is 0 Å². The fraction of sp³-hybridized carbons (Fsp3) is 0.583. The maximum absolute atomic E-state index is 13.3. The molecule has 2 saturated heterocycles. The smallest absolute Gasteiger partial charge is 0.325 e. The second-order valence-electron chi connectivity index (χ2n) is 9.12. The summed E-state index contributed by atoms with van der Waals surface area (Å²) in [6.45, 7) is 0.855. The van der Waals surface area contributed by atoms with Gasteiger partial charge in [-0.2, -0.15) is 0 Å². The molecule has 0 unspecified atom stereocenters. The third-order valence-electron chi connectivity index (χ3n) is 6.93. The van der Waals surface area contributed by atoms with Crippen LogP contribution in [0, 0.1) is 0 Å². The minimum Gasteiger partial charge on any atom is -0.493 e. The highest BCUT2D eigenvalue weighted by Crippen LogP contribution is 2.35. The number of hydrogen-bond acceptors (Lipinski definition) is 6. The first-order chi connectivity index (χ1) is 16.4. The predicted molar refractivity (Wildman–Crippen MR) is 124 cm³/mol. The van der Waals surface area contributed by atoms with Gasteiger partial charge >= 0.3 is 6.03 Å². The van der Waals surface area contributed by atoms with Gasteiger partial charge in [0.25, 0.3) is 11.8 Å². The zero-order chi connectivity index (χ0) is 24.3. The van der Waals surface area contributed by atoms with E-state index in [9.17, 15) is 19.2 Å². The number of nitrogens with one attached hydrogen (secondary N) is 2. The zero-order valence-corrected chi connectivity index (χ0v) is 19.8. The van der Waals surface area contributed by atoms with Crippen molar-refractivity contribution in [1.29, 1.82) is 0 Å². The number of likely N-dealkylation sites (tertiary alicyclic amines) is 1. The van der Waals surface area contributed by atoms with Crippen LogP contribution in [0.1, 0.15) is 61.7 Å². The number of ether oxygens (including phenoxy) is 2. The molecule has 10 nitrogen and oxygen atoms in total. The number of carbonyl (C=O) groups excluding carboxylic acids is 4. The van der Waals surface area contributed by atoms with Crippen molar-refractivity contribution in [3.63, 3.8) is 0 Å². The summed E-state index contributed by atoms with van der Waals surface area (Å²) in [7, 11) is 2.94. The number of carbonyl (C=O) groups is 4. The summed E-state index contributed by atoms with van der Waals surface area (Å²) in [6.07, 6.45) is 6.84. The van der Waals surface area contributed by atoms with Crippen LogP contribution < -0.4 is 20.1 Å². The lowest BCUT2D eigenvalue weighted by Gasteiger charge is -2.30. The van der Waals surface area contributed by atoms with Crippen LogP contribution in [-0.2, 0) is 9.59 Å². The number of anilines is 1. The lowest BCUT2D eigenvalue weighted by Crippen LogP contribution is -2.48. The summed E-state index contributed by atoms with van der Waals surface area (Å²) in [6, 6.07) is 2.53. The quantitative estimate of drug-likeness (QED) is 0.615. The third-order valence-corrected chi connectivity index (χ3v) is 6.93. The first-order valence-electron chi connectivity index (χ1n) is 11.9. The van der Waals surface area contributed by atoms with Crippen LogP contribution in [0.3, 0.4) is 0 Å². The molecule has 2 N–H and O–H groups in total. The number of amides is 5. The Morgan fingerprint density at radius 3 is 2.24 bits per heavy atom. The van der Waals surface area contributed by atoms with Gasteiger partial charge in [0.05, 0.1) is 25.5 Å². The summed E-state index contributed by atoms with van der Waals surface area (Å²) < 4.78 is 10.7. The predicted octanol–water partition coefficient (Wildman–Crippen LogP) is 2.52. The highest BCUT2D eigenvalue weighted by atomic mass is 16.5. The number of hydrogen-bond donors (Lipinski definition) is 2. The van der Waals surface area contributed by atoms with Crippen molar-refractivity contribution >= 4 is 29.4 Å². The molecular formula is C24H32N4O6. The number of methoxy groups -OCH3 is 2. The van der Waals surface area contributed by atoms with Crippen molar-refractivity contribution in [3.8, 4) is 11.5 Å². The normalized spacial score (nSPS) is 19.7. The molecule has 1 saturated carbocycles. The number of piperidine rings is 1. The van der Waals surface area contributed by atoms with Crippen molar-refractivity contribution in [2.45, 2.75) is 56.9 Å². The van der Waals surface area contributed by atoms with E-state index < -0.39 is 24.0 Å². The maximum Gasteiger partial charge on any atom is 0.325 e. The third kappa shape index (κ3) is 4.53. The molecule has 0 atom stereocenters. The number of rotatable bonds is 6. The SMILES string of the molecule is COc1cc(NC(=O)CN2C(=O)NC3(CCCCC3)C2=O)c(C(=O)N2CCCCC2)cc1OC. The van der Waals surface area contributed by atoms with E-state index in [2.05, 4.69) is 10.6 Å². The van der Waals surface area contributed by atoms with Crippen molar-refractivity contribution in [3.05, 3.63) is 17.7 Å². The Balaban J connectivity index is 1.55. The Kier molecular flexibility index (Phi) is 6.95. The molecule has 1 aliphatic carbocycles. The Labute approximate surface area is 198 Å². The topological polar surface area (TPSA) is 117 Å². The van der Waals surface area contributed by atoms with Crippen molar-refractivity contribution in [1.82, 2.24) is 15.1 Å². The van der Waals surface area contributed by atoms with Gasteiger partial charge in [-0.25, -0.2) is 4.79 Å². The summed E-state index contributed by atoms with van der Waals surface area (Å²) >= 11 is 0. The van der Waals surface area contributed by atoms with E-state index in [1.807, 2.05) is 0 Å². The van der Waals surface area contributed by atoms with E-state index in [0.29, 0.717) is 37.4 Å². The maximum atomic E-state index is 13.3. The molecule has 3 aliphatic rings. The molecule has 1 aromatic rings. The highest BCUT2D eigenvalue weighted by Gasteiger charge is 2.51. The molecule has 184 valence electrons. The monoisotopic (exact) mass is 472 g/mol. The van der Waals surface area contributed by atoms with Crippen LogP contribution in [-0.4, -0.2) is 72.9 Å². The Bertz CT molecular complexity index is 982. The minimum absolute atomic E-state index is 0.216. The Morgan fingerprint density at radius 1 is 0.971 bits per heavy atom. The fourth-order valence-electron chi connectivity index (χ4n) is 5.07. The number of imide groups is 1. The molecule has 5 amide bonds. The lowest BCUT2D eigenvalue weighted by atomic mass is 9.82. The minimum atomic E-state index is -0.895. The average molecular weight is 473 g/mol. The van der Waals surface area contributed by atoms with Crippen molar-refractivity contribution in [2.75, 3.05) is 39.2 Å². The van der Waals surface area contributed by atoms with Crippen LogP contribution in [0.15, 0.2) is 12.1 Å². The van der Waals surface area contributed by atoms with Gasteiger partial charge in [-0.1, -0.05) is 19.3 Å². The van der Waals surface area contributed by atoms with Crippen LogP contribution in [0.25, 0.3) is 0 Å². The van der Waals surface area contributed by atoms with E-state index in [1.165, 1.54) is 20.3 Å². The largest absolute Gasteiger partial charge is 0.493 e. The summed E-state index contributed by atoms with van der Waals surface area (Å²) in [5.41, 5.74) is -0.375. The molecule has 1 spiro atoms. The molecule has 2 heterocycles. The van der Waals surface area contributed by atoms with E-state index in [4.69, 9.17) is 9.47 Å². The van der Waals surface area contributed by atoms with Gasteiger partial charge in [0.1, 0.15) is 12.1 Å². The van der Waals surface area contributed by atoms with Gasteiger partial charge < -0.3 is 25.0 Å². The number of nitrogens with zero attached hydrogens (tertiary/aromatic N) is 2. The van der Waals surface area contributed by atoms with Gasteiger partial charge in [-0.3, -0.25) is 19.3 Å². The van der Waals surface area contributed by atoms with Crippen molar-refractivity contribution < 1.29 is 28.7 Å². The second-order valence-corrected chi connectivity index (χ2v) is 9.12. The summed E-state index contributed by atoms with van der Waals surface area (Å²) in [4.78, 5) is 54.5. The first-order valence-corrected chi connectivity index (χ1v) is 11.9. The molecule has 0 radical (unpaired) electrons. The Morgan fingerprint density at radius 2 is 1.59 bits per heavy atom. The molecule has 10 heteroatoms. The summed E-state index contributed by atoms with van der Waals surface area (Å²) in [5, 5.41) is 5.52.